The summed E-state index contributed by atoms with van der Waals surface area (Å²) in [6.45, 7) is 2.61. The summed E-state index contributed by atoms with van der Waals surface area (Å²) in [5.41, 5.74) is 2.99. The Kier molecular flexibility index (Phi) is 3.48. The quantitative estimate of drug-likeness (QED) is 0.929. The van der Waals surface area contributed by atoms with Crippen molar-refractivity contribution in [2.24, 2.45) is 0 Å². The van der Waals surface area contributed by atoms with E-state index in [0.29, 0.717) is 29.4 Å². The maximum atomic E-state index is 9.41. The molecule has 4 nitrogen and oxygen atoms in total. The smallest absolute Gasteiger partial charge is 0.231 e. The molecule has 0 radical (unpaired) electrons. The van der Waals surface area contributed by atoms with Crippen LogP contribution in [0.5, 0.6) is 17.2 Å². The lowest BCUT2D eigenvalue weighted by Crippen LogP contribution is -1.99. The molecule has 1 aliphatic heterocycles. The largest absolute Gasteiger partial charge is 0.488 e. The molecule has 0 saturated carbocycles. The van der Waals surface area contributed by atoms with E-state index in [9.17, 15) is 5.11 Å². The van der Waals surface area contributed by atoms with Crippen LogP contribution in [-0.2, 0) is 13.2 Å². The number of rotatable bonds is 4. The van der Waals surface area contributed by atoms with Crippen molar-refractivity contribution in [2.45, 2.75) is 20.1 Å². The van der Waals surface area contributed by atoms with Gasteiger partial charge < -0.3 is 19.3 Å². The van der Waals surface area contributed by atoms with Crippen molar-refractivity contribution < 1.29 is 19.3 Å². The number of hydrogen-bond donors (Lipinski definition) is 1. The van der Waals surface area contributed by atoms with Crippen molar-refractivity contribution in [3.8, 4) is 17.2 Å². The van der Waals surface area contributed by atoms with E-state index in [1.165, 1.54) is 5.56 Å². The maximum Gasteiger partial charge on any atom is 0.231 e. The van der Waals surface area contributed by atoms with E-state index >= 15 is 0 Å². The third kappa shape index (κ3) is 2.56. The summed E-state index contributed by atoms with van der Waals surface area (Å²) >= 11 is 0. The molecular weight excluding hydrogens is 256 g/mol. The van der Waals surface area contributed by atoms with Crippen LogP contribution in [0.15, 0.2) is 36.4 Å². The number of hydrogen-bond acceptors (Lipinski definition) is 4. The Balaban J connectivity index is 1.78. The van der Waals surface area contributed by atoms with E-state index in [-0.39, 0.29) is 13.4 Å². The first-order valence-corrected chi connectivity index (χ1v) is 6.48. The van der Waals surface area contributed by atoms with Gasteiger partial charge in [0.1, 0.15) is 12.4 Å². The zero-order chi connectivity index (χ0) is 13.9. The molecule has 0 saturated heterocycles. The first-order valence-electron chi connectivity index (χ1n) is 6.48. The number of aliphatic hydroxyl groups is 1. The van der Waals surface area contributed by atoms with Crippen LogP contribution in [0.3, 0.4) is 0 Å². The molecule has 0 unspecified atom stereocenters. The van der Waals surface area contributed by atoms with Crippen LogP contribution in [0.2, 0.25) is 0 Å². The molecule has 20 heavy (non-hydrogen) atoms. The molecule has 0 fully saturated rings. The predicted octanol–water partition coefficient (Wildman–Crippen LogP) is 2.80. The number of fused-ring (bicyclic) bond motifs is 1. The summed E-state index contributed by atoms with van der Waals surface area (Å²) < 4.78 is 16.4. The molecule has 1 aliphatic rings. The molecule has 2 aromatic carbocycles. The minimum Gasteiger partial charge on any atom is -0.488 e. The highest BCUT2D eigenvalue weighted by Crippen LogP contribution is 2.38. The highest BCUT2D eigenvalue weighted by atomic mass is 16.7. The molecule has 0 atom stereocenters. The molecule has 1 heterocycles. The third-order valence-corrected chi connectivity index (χ3v) is 3.24. The average molecular weight is 272 g/mol. The summed E-state index contributed by atoms with van der Waals surface area (Å²) in [6.07, 6.45) is 0. The summed E-state index contributed by atoms with van der Waals surface area (Å²) in [7, 11) is 0. The summed E-state index contributed by atoms with van der Waals surface area (Å²) in [5, 5.41) is 9.41. The molecule has 0 spiro atoms. The molecule has 0 bridgehead atoms. The summed E-state index contributed by atoms with van der Waals surface area (Å²) in [5.74, 6) is 1.93. The third-order valence-electron chi connectivity index (χ3n) is 3.24. The molecule has 0 aliphatic carbocycles. The first kappa shape index (κ1) is 12.8. The first-order chi connectivity index (χ1) is 9.76. The van der Waals surface area contributed by atoms with Crippen molar-refractivity contribution >= 4 is 0 Å². The van der Waals surface area contributed by atoms with E-state index in [2.05, 4.69) is 0 Å². The van der Waals surface area contributed by atoms with Gasteiger partial charge in [-0.05, 0) is 18.6 Å². The van der Waals surface area contributed by atoms with Gasteiger partial charge in [-0.15, -0.1) is 0 Å². The van der Waals surface area contributed by atoms with Gasteiger partial charge in [-0.25, -0.2) is 0 Å². The van der Waals surface area contributed by atoms with Crippen LogP contribution in [0.1, 0.15) is 16.7 Å². The normalized spacial score (nSPS) is 12.5. The lowest BCUT2D eigenvalue weighted by atomic mass is 10.1. The van der Waals surface area contributed by atoms with Gasteiger partial charge in [0.15, 0.2) is 11.5 Å². The Bertz CT molecular complexity index is 605. The van der Waals surface area contributed by atoms with Gasteiger partial charge >= 0.3 is 0 Å². The van der Waals surface area contributed by atoms with Crippen molar-refractivity contribution in [1.82, 2.24) is 0 Å². The molecular formula is C16H16O4. The second kappa shape index (κ2) is 5.43. The van der Waals surface area contributed by atoms with Crippen LogP contribution in [0, 0.1) is 6.92 Å². The van der Waals surface area contributed by atoms with E-state index in [1.807, 2.05) is 31.2 Å². The highest BCUT2D eigenvalue weighted by molar-refractivity contribution is 5.51. The second-order valence-corrected chi connectivity index (χ2v) is 4.75. The molecule has 1 N–H and O–H groups in total. The lowest BCUT2D eigenvalue weighted by molar-refractivity contribution is 0.173. The van der Waals surface area contributed by atoms with Gasteiger partial charge in [0.2, 0.25) is 6.79 Å². The maximum absolute atomic E-state index is 9.41. The Morgan fingerprint density at radius 2 is 1.80 bits per heavy atom. The standard InChI is InChI=1S/C16H16O4/c1-11-2-4-12(5-3-11)9-18-14-7-16-15(19-10-20-16)6-13(14)8-17/h2-7,17H,8-10H2,1H3. The number of benzene rings is 2. The zero-order valence-corrected chi connectivity index (χ0v) is 11.3. The highest BCUT2D eigenvalue weighted by Gasteiger charge is 2.17. The molecule has 104 valence electrons. The molecule has 4 heteroatoms. The van der Waals surface area contributed by atoms with Crippen LogP contribution in [0.25, 0.3) is 0 Å². The number of aliphatic hydroxyl groups excluding tert-OH is 1. The Morgan fingerprint density at radius 1 is 1.10 bits per heavy atom. The van der Waals surface area contributed by atoms with E-state index in [1.54, 1.807) is 12.1 Å². The van der Waals surface area contributed by atoms with Crippen LogP contribution in [0.4, 0.5) is 0 Å². The van der Waals surface area contributed by atoms with Gasteiger partial charge in [0.05, 0.1) is 6.61 Å². The monoisotopic (exact) mass is 272 g/mol. The Morgan fingerprint density at radius 3 is 2.50 bits per heavy atom. The summed E-state index contributed by atoms with van der Waals surface area (Å²) in [4.78, 5) is 0. The fourth-order valence-corrected chi connectivity index (χ4v) is 2.07. The predicted molar refractivity (Wildman–Crippen MR) is 74.0 cm³/mol. The Hall–Kier alpha value is -2.20. The summed E-state index contributed by atoms with van der Waals surface area (Å²) in [6, 6.07) is 11.7. The molecule has 2 aromatic rings. The number of aryl methyl sites for hydroxylation is 1. The van der Waals surface area contributed by atoms with Crippen LogP contribution >= 0.6 is 0 Å². The second-order valence-electron chi connectivity index (χ2n) is 4.75. The fourth-order valence-electron chi connectivity index (χ4n) is 2.07. The topological polar surface area (TPSA) is 47.9 Å². The van der Waals surface area contributed by atoms with Gasteiger partial charge in [0.25, 0.3) is 0 Å². The van der Waals surface area contributed by atoms with Crippen LogP contribution < -0.4 is 14.2 Å². The minimum atomic E-state index is -0.0974. The van der Waals surface area contributed by atoms with Gasteiger partial charge in [-0.1, -0.05) is 29.8 Å². The molecule has 0 aromatic heterocycles. The van der Waals surface area contributed by atoms with E-state index in [4.69, 9.17) is 14.2 Å². The van der Waals surface area contributed by atoms with E-state index < -0.39 is 0 Å². The van der Waals surface area contributed by atoms with Gasteiger partial charge in [-0.3, -0.25) is 0 Å². The van der Waals surface area contributed by atoms with Crippen LogP contribution in [-0.4, -0.2) is 11.9 Å². The van der Waals surface area contributed by atoms with Crippen molar-refractivity contribution in [1.29, 1.82) is 0 Å². The SMILES string of the molecule is Cc1ccc(COc2cc3c(cc2CO)OCO3)cc1. The van der Waals surface area contributed by atoms with Gasteiger partial charge in [0, 0.05) is 11.6 Å². The van der Waals surface area contributed by atoms with Gasteiger partial charge in [-0.2, -0.15) is 0 Å². The van der Waals surface area contributed by atoms with Crippen molar-refractivity contribution in [3.05, 3.63) is 53.1 Å². The Labute approximate surface area is 117 Å². The lowest BCUT2D eigenvalue weighted by Gasteiger charge is -2.11. The molecule has 0 amide bonds. The fraction of sp³-hybridized carbons (Fsp3) is 0.250. The average Bonchev–Trinajstić information content (AvgIpc) is 2.92. The zero-order valence-electron chi connectivity index (χ0n) is 11.3. The van der Waals surface area contributed by atoms with Crippen molar-refractivity contribution in [3.63, 3.8) is 0 Å². The van der Waals surface area contributed by atoms with Crippen molar-refractivity contribution in [2.75, 3.05) is 6.79 Å². The number of ether oxygens (including phenoxy) is 3. The molecule has 3 rings (SSSR count). The van der Waals surface area contributed by atoms with E-state index in [0.717, 1.165) is 5.56 Å². The minimum absolute atomic E-state index is 0.0974.